The molecule has 1 atom stereocenters. The third-order valence-electron chi connectivity index (χ3n) is 7.22. The molecule has 0 radical (unpaired) electrons. The molecule has 35 heavy (non-hydrogen) atoms. The summed E-state index contributed by atoms with van der Waals surface area (Å²) in [5.41, 5.74) is 7.63. The highest BCUT2D eigenvalue weighted by atomic mass is 15.3. The summed E-state index contributed by atoms with van der Waals surface area (Å²) >= 11 is 0. The van der Waals surface area contributed by atoms with Gasteiger partial charge in [-0.05, 0) is 80.9 Å². The van der Waals surface area contributed by atoms with Gasteiger partial charge in [-0.15, -0.1) is 10.2 Å². The van der Waals surface area contributed by atoms with Gasteiger partial charge in [0.2, 0.25) is 0 Å². The van der Waals surface area contributed by atoms with E-state index in [1.807, 2.05) is 31.2 Å². The molecule has 7 nitrogen and oxygen atoms in total. The summed E-state index contributed by atoms with van der Waals surface area (Å²) in [5.74, 6) is 2.46. The Balaban J connectivity index is 1.39. The first kappa shape index (κ1) is 21.6. The van der Waals surface area contributed by atoms with Crippen LogP contribution in [-0.2, 0) is 6.54 Å². The van der Waals surface area contributed by atoms with Gasteiger partial charge in [-0.3, -0.25) is 4.57 Å². The zero-order chi connectivity index (χ0) is 24.1. The summed E-state index contributed by atoms with van der Waals surface area (Å²) in [4.78, 5) is 4.82. The third kappa shape index (κ3) is 3.80. The SMILES string of the molecule is Cc1nnc2n1-c1ccc(N3CCC(CN(C)C)C3)cc1Cn1cc(-c3ccc(C#N)cc3)cc1-2. The molecular formula is C28H29N7. The van der Waals surface area contributed by atoms with E-state index >= 15 is 0 Å². The fourth-order valence-electron chi connectivity index (χ4n) is 5.57. The highest BCUT2D eigenvalue weighted by molar-refractivity contribution is 5.72. The maximum Gasteiger partial charge on any atom is 0.185 e. The molecule has 2 aromatic heterocycles. The highest BCUT2D eigenvalue weighted by Gasteiger charge is 2.27. The Labute approximate surface area is 205 Å². The fourth-order valence-corrected chi connectivity index (χ4v) is 5.57. The minimum Gasteiger partial charge on any atom is -0.371 e. The van der Waals surface area contributed by atoms with Gasteiger partial charge in [0.05, 0.1) is 23.0 Å². The molecule has 2 aliphatic heterocycles. The highest BCUT2D eigenvalue weighted by Crippen LogP contribution is 2.36. The fraction of sp³-hybridized carbons (Fsp3) is 0.321. The summed E-state index contributed by atoms with van der Waals surface area (Å²) in [6, 6.07) is 19.0. The van der Waals surface area contributed by atoms with Crippen LogP contribution in [0.15, 0.2) is 54.7 Å². The van der Waals surface area contributed by atoms with Gasteiger partial charge in [-0.25, -0.2) is 0 Å². The van der Waals surface area contributed by atoms with Crippen molar-refractivity contribution in [3.05, 3.63) is 71.7 Å². The van der Waals surface area contributed by atoms with Gasteiger partial charge in [0.15, 0.2) is 5.82 Å². The van der Waals surface area contributed by atoms with Crippen molar-refractivity contribution in [3.63, 3.8) is 0 Å². The van der Waals surface area contributed by atoms with Crippen LogP contribution in [0.5, 0.6) is 0 Å². The molecule has 6 rings (SSSR count). The van der Waals surface area contributed by atoms with Crippen LogP contribution in [0.1, 0.15) is 23.4 Å². The Morgan fingerprint density at radius 2 is 1.89 bits per heavy atom. The third-order valence-corrected chi connectivity index (χ3v) is 7.22. The van der Waals surface area contributed by atoms with Crippen molar-refractivity contribution in [3.8, 4) is 34.4 Å². The van der Waals surface area contributed by atoms with Gasteiger partial charge in [0, 0.05) is 43.6 Å². The van der Waals surface area contributed by atoms with Gasteiger partial charge >= 0.3 is 0 Å². The van der Waals surface area contributed by atoms with Crippen molar-refractivity contribution in [2.45, 2.75) is 19.9 Å². The monoisotopic (exact) mass is 463 g/mol. The molecule has 2 aliphatic rings. The van der Waals surface area contributed by atoms with Gasteiger partial charge in [0.25, 0.3) is 0 Å². The molecule has 4 heterocycles. The van der Waals surface area contributed by atoms with Crippen molar-refractivity contribution in [2.24, 2.45) is 5.92 Å². The predicted octanol–water partition coefficient (Wildman–Crippen LogP) is 4.33. The number of rotatable bonds is 4. The van der Waals surface area contributed by atoms with E-state index in [0.717, 1.165) is 60.3 Å². The Kier molecular flexibility index (Phi) is 5.19. The van der Waals surface area contributed by atoms with Crippen molar-refractivity contribution in [1.29, 1.82) is 5.26 Å². The number of fused-ring (bicyclic) bond motifs is 5. The first-order valence-electron chi connectivity index (χ1n) is 12.2. The summed E-state index contributed by atoms with van der Waals surface area (Å²) in [5, 5.41) is 18.1. The lowest BCUT2D eigenvalue weighted by Gasteiger charge is -2.22. The molecule has 176 valence electrons. The average Bonchev–Trinajstić information content (AvgIpc) is 3.56. The van der Waals surface area contributed by atoms with Crippen LogP contribution in [0.2, 0.25) is 0 Å². The molecule has 1 fully saturated rings. The van der Waals surface area contributed by atoms with E-state index in [4.69, 9.17) is 5.26 Å². The lowest BCUT2D eigenvalue weighted by atomic mass is 10.1. The first-order valence-corrected chi connectivity index (χ1v) is 12.2. The number of hydrogen-bond donors (Lipinski definition) is 0. The first-order chi connectivity index (χ1) is 17.0. The molecular weight excluding hydrogens is 434 g/mol. The predicted molar refractivity (Wildman–Crippen MR) is 138 cm³/mol. The Morgan fingerprint density at radius 1 is 1.06 bits per heavy atom. The summed E-state index contributed by atoms with van der Waals surface area (Å²) in [6.45, 7) is 6.13. The number of nitriles is 1. The minimum absolute atomic E-state index is 0.668. The zero-order valence-corrected chi connectivity index (χ0v) is 20.4. The zero-order valence-electron chi connectivity index (χ0n) is 20.4. The van der Waals surface area contributed by atoms with Crippen molar-refractivity contribution in [1.82, 2.24) is 24.2 Å². The van der Waals surface area contributed by atoms with E-state index in [1.54, 1.807) is 0 Å². The minimum atomic E-state index is 0.668. The Morgan fingerprint density at radius 3 is 2.66 bits per heavy atom. The Bertz CT molecular complexity index is 1440. The van der Waals surface area contributed by atoms with Gasteiger partial charge in [-0.2, -0.15) is 5.26 Å². The second-order valence-corrected chi connectivity index (χ2v) is 10.0. The van der Waals surface area contributed by atoms with E-state index in [1.165, 1.54) is 17.7 Å². The maximum absolute atomic E-state index is 9.14. The number of aryl methyl sites for hydroxylation is 1. The maximum atomic E-state index is 9.14. The second kappa shape index (κ2) is 8.40. The van der Waals surface area contributed by atoms with Crippen LogP contribution in [0.4, 0.5) is 5.69 Å². The molecule has 0 amide bonds. The second-order valence-electron chi connectivity index (χ2n) is 10.0. The lowest BCUT2D eigenvalue weighted by Crippen LogP contribution is -2.25. The number of anilines is 1. The van der Waals surface area contributed by atoms with E-state index in [9.17, 15) is 0 Å². The van der Waals surface area contributed by atoms with E-state index < -0.39 is 0 Å². The average molecular weight is 464 g/mol. The molecule has 0 bridgehead atoms. The lowest BCUT2D eigenvalue weighted by molar-refractivity contribution is 0.340. The molecule has 0 spiro atoms. The van der Waals surface area contributed by atoms with Crippen LogP contribution in [-0.4, -0.2) is 58.0 Å². The van der Waals surface area contributed by atoms with Crippen molar-refractivity contribution in [2.75, 3.05) is 38.6 Å². The number of benzene rings is 2. The van der Waals surface area contributed by atoms with Crippen LogP contribution in [0.3, 0.4) is 0 Å². The molecule has 1 unspecified atom stereocenters. The van der Waals surface area contributed by atoms with Crippen molar-refractivity contribution >= 4 is 5.69 Å². The molecule has 0 aliphatic carbocycles. The molecule has 7 heteroatoms. The smallest absolute Gasteiger partial charge is 0.185 e. The largest absolute Gasteiger partial charge is 0.371 e. The van der Waals surface area contributed by atoms with Gasteiger partial charge in [-0.1, -0.05) is 12.1 Å². The normalized spacial score (nSPS) is 16.5. The number of hydrogen-bond acceptors (Lipinski definition) is 5. The van der Waals surface area contributed by atoms with E-state index in [-0.39, 0.29) is 0 Å². The van der Waals surface area contributed by atoms with Crippen LogP contribution in [0.25, 0.3) is 28.3 Å². The van der Waals surface area contributed by atoms with E-state index in [0.29, 0.717) is 11.5 Å². The van der Waals surface area contributed by atoms with Gasteiger partial charge in [0.1, 0.15) is 5.82 Å². The van der Waals surface area contributed by atoms with Crippen LogP contribution in [0, 0.1) is 24.2 Å². The Hall–Kier alpha value is -3.89. The summed E-state index contributed by atoms with van der Waals surface area (Å²) in [6.07, 6.45) is 3.43. The van der Waals surface area contributed by atoms with Crippen LogP contribution < -0.4 is 4.90 Å². The number of aromatic nitrogens is 4. The molecule has 2 aromatic carbocycles. The van der Waals surface area contributed by atoms with Crippen LogP contribution >= 0.6 is 0 Å². The number of nitrogens with zero attached hydrogens (tertiary/aromatic N) is 7. The molecule has 0 saturated carbocycles. The summed E-state index contributed by atoms with van der Waals surface area (Å²) in [7, 11) is 4.32. The molecule has 1 saturated heterocycles. The van der Waals surface area contributed by atoms with E-state index in [2.05, 4.69) is 79.8 Å². The van der Waals surface area contributed by atoms with Crippen molar-refractivity contribution < 1.29 is 0 Å². The topological polar surface area (TPSA) is 65.9 Å². The quantitative estimate of drug-likeness (QED) is 0.397. The molecule has 4 aromatic rings. The standard InChI is InChI=1S/C28H29N7/c1-19-30-31-28-27-13-23(22-6-4-20(14-29)5-7-22)17-34(27)18-24-12-25(8-9-26(24)35(19)28)33-11-10-21(16-33)15-32(2)3/h4-9,12-13,17,21H,10-11,15-16,18H2,1-3H3. The summed E-state index contributed by atoms with van der Waals surface area (Å²) < 4.78 is 4.46. The molecule has 0 N–H and O–H groups in total. The van der Waals surface area contributed by atoms with Gasteiger partial charge < -0.3 is 14.4 Å².